The van der Waals surface area contributed by atoms with E-state index in [9.17, 15) is 5.26 Å². The standard InChI is InChI=1S/C29H26BCl2N7/c1-3-25(18-9-5-4-6-10-18)35-26-19(15-33)16-34-27-21(26)13-20(14-24(27)32)36-29(30,28-17(2)37-39-38-28)22-11-7-8-12-23(22)31/h4-14,16,25,36-39H,3H2,1-2H3,(H,34,35)/t25-,29?/m1/s1. The number of rotatable bonds is 8. The van der Waals surface area contributed by atoms with Crippen LogP contribution in [0, 0.1) is 11.3 Å². The van der Waals surface area contributed by atoms with Gasteiger partial charge in [-0.1, -0.05) is 78.7 Å². The molecule has 3 aromatic carbocycles. The van der Waals surface area contributed by atoms with E-state index in [1.807, 2.05) is 49.4 Å². The molecule has 39 heavy (non-hydrogen) atoms. The predicted octanol–water partition coefficient (Wildman–Crippen LogP) is 6.25. The fourth-order valence-corrected chi connectivity index (χ4v) is 5.42. The highest BCUT2D eigenvalue weighted by Crippen LogP contribution is 2.40. The molecule has 5 N–H and O–H groups in total. The topological polar surface area (TPSA) is 96.8 Å². The zero-order valence-corrected chi connectivity index (χ0v) is 23.0. The molecule has 1 unspecified atom stereocenters. The number of hydrogen-bond donors (Lipinski definition) is 5. The first-order valence-corrected chi connectivity index (χ1v) is 13.3. The van der Waals surface area contributed by atoms with Crippen molar-refractivity contribution in [2.24, 2.45) is 0 Å². The zero-order valence-electron chi connectivity index (χ0n) is 21.4. The highest BCUT2D eigenvalue weighted by Gasteiger charge is 2.36. The average Bonchev–Trinajstić information content (AvgIpc) is 3.39. The van der Waals surface area contributed by atoms with Gasteiger partial charge in [0.2, 0.25) is 0 Å². The molecular weight excluding hydrogens is 528 g/mol. The summed E-state index contributed by atoms with van der Waals surface area (Å²) in [5.74, 6) is 0. The van der Waals surface area contributed by atoms with Crippen LogP contribution in [0.5, 0.6) is 0 Å². The van der Waals surface area contributed by atoms with E-state index in [2.05, 4.69) is 57.1 Å². The van der Waals surface area contributed by atoms with Gasteiger partial charge in [-0.2, -0.15) is 10.8 Å². The summed E-state index contributed by atoms with van der Waals surface area (Å²) in [5.41, 5.74) is 13.2. The lowest BCUT2D eigenvalue weighted by Gasteiger charge is -2.35. The predicted molar refractivity (Wildman–Crippen MR) is 159 cm³/mol. The van der Waals surface area contributed by atoms with Crippen molar-refractivity contribution in [2.45, 2.75) is 31.7 Å². The summed E-state index contributed by atoms with van der Waals surface area (Å²) in [7, 11) is 7.09. The second-order valence-corrected chi connectivity index (χ2v) is 10.1. The van der Waals surface area contributed by atoms with Gasteiger partial charge in [-0.25, -0.2) is 0 Å². The molecule has 2 heterocycles. The Balaban J connectivity index is 1.65. The van der Waals surface area contributed by atoms with Crippen molar-refractivity contribution in [1.29, 1.82) is 5.26 Å². The summed E-state index contributed by atoms with van der Waals surface area (Å²) in [5, 5.41) is 18.6. The highest BCUT2D eigenvalue weighted by molar-refractivity contribution is 6.36. The lowest BCUT2D eigenvalue weighted by Crippen LogP contribution is -2.45. The Morgan fingerprint density at radius 3 is 2.46 bits per heavy atom. The van der Waals surface area contributed by atoms with E-state index in [1.54, 1.807) is 18.3 Å². The molecule has 2 radical (unpaired) electrons. The van der Waals surface area contributed by atoms with Gasteiger partial charge in [0.25, 0.3) is 0 Å². The molecule has 2 atom stereocenters. The molecule has 0 saturated carbocycles. The number of hydrazine groups is 2. The quantitative estimate of drug-likeness (QED) is 0.164. The van der Waals surface area contributed by atoms with Gasteiger partial charge >= 0.3 is 0 Å². The maximum absolute atomic E-state index is 9.97. The molecule has 1 aliphatic rings. The van der Waals surface area contributed by atoms with Crippen LogP contribution in [0.2, 0.25) is 10.0 Å². The Bertz CT molecular complexity index is 1600. The lowest BCUT2D eigenvalue weighted by atomic mass is 9.69. The second kappa shape index (κ2) is 11.1. The van der Waals surface area contributed by atoms with Crippen molar-refractivity contribution in [3.63, 3.8) is 0 Å². The fraction of sp³-hybridized carbons (Fsp3) is 0.172. The van der Waals surface area contributed by atoms with Crippen molar-refractivity contribution in [3.8, 4) is 6.07 Å². The summed E-state index contributed by atoms with van der Waals surface area (Å²) in [6.07, 6.45) is 2.36. The summed E-state index contributed by atoms with van der Waals surface area (Å²) in [6, 6.07) is 23.4. The maximum Gasteiger partial charge on any atom is 0.119 e. The van der Waals surface area contributed by atoms with Crippen LogP contribution in [0.3, 0.4) is 0 Å². The molecule has 1 aliphatic heterocycles. The van der Waals surface area contributed by atoms with Crippen molar-refractivity contribution in [3.05, 3.63) is 111 Å². The Morgan fingerprint density at radius 2 is 1.79 bits per heavy atom. The van der Waals surface area contributed by atoms with Gasteiger partial charge in [0.05, 0.1) is 39.0 Å². The van der Waals surface area contributed by atoms with E-state index in [-0.39, 0.29) is 6.04 Å². The summed E-state index contributed by atoms with van der Waals surface area (Å²) >= 11 is 13.4. The van der Waals surface area contributed by atoms with Crippen LogP contribution in [0.4, 0.5) is 11.4 Å². The van der Waals surface area contributed by atoms with Crippen LogP contribution in [0.15, 0.2) is 84.3 Å². The van der Waals surface area contributed by atoms with Gasteiger partial charge in [0.1, 0.15) is 13.9 Å². The number of nitriles is 1. The Kier molecular flexibility index (Phi) is 7.58. The van der Waals surface area contributed by atoms with Crippen LogP contribution in [0.1, 0.15) is 43.0 Å². The number of hydrogen-bond acceptors (Lipinski definition) is 7. The third-order valence-electron chi connectivity index (χ3n) is 6.82. The number of aromatic nitrogens is 1. The van der Waals surface area contributed by atoms with Crippen molar-refractivity contribution < 1.29 is 0 Å². The van der Waals surface area contributed by atoms with Crippen molar-refractivity contribution in [1.82, 2.24) is 21.4 Å². The number of nitrogens with one attached hydrogen (secondary N) is 5. The largest absolute Gasteiger partial charge is 0.378 e. The molecule has 1 aromatic heterocycles. The zero-order chi connectivity index (χ0) is 27.6. The minimum atomic E-state index is -1.26. The molecule has 7 nitrogen and oxygen atoms in total. The molecule has 5 rings (SSSR count). The summed E-state index contributed by atoms with van der Waals surface area (Å²) in [4.78, 5) is 4.50. The molecule has 0 fully saturated rings. The van der Waals surface area contributed by atoms with E-state index in [0.717, 1.165) is 17.7 Å². The number of pyridine rings is 1. The van der Waals surface area contributed by atoms with Gasteiger partial charge in [-0.05, 0) is 42.7 Å². The molecule has 194 valence electrons. The van der Waals surface area contributed by atoms with E-state index >= 15 is 0 Å². The number of anilines is 2. The minimum absolute atomic E-state index is 0.0244. The Morgan fingerprint density at radius 1 is 1.05 bits per heavy atom. The third kappa shape index (κ3) is 5.09. The number of allylic oxidation sites excluding steroid dienone is 1. The van der Waals surface area contributed by atoms with Crippen LogP contribution in [0.25, 0.3) is 10.9 Å². The highest BCUT2D eigenvalue weighted by atomic mass is 35.5. The number of nitrogens with zero attached hydrogens (tertiary/aromatic N) is 2. The third-order valence-corrected chi connectivity index (χ3v) is 7.44. The molecule has 0 spiro atoms. The number of fused-ring (bicyclic) bond motifs is 1. The fourth-order valence-electron chi connectivity index (χ4n) is 4.86. The minimum Gasteiger partial charge on any atom is -0.378 e. The van der Waals surface area contributed by atoms with Gasteiger partial charge < -0.3 is 21.5 Å². The summed E-state index contributed by atoms with van der Waals surface area (Å²) in [6.45, 7) is 3.99. The summed E-state index contributed by atoms with van der Waals surface area (Å²) < 4.78 is 0. The van der Waals surface area contributed by atoms with Gasteiger partial charge in [-0.15, -0.1) is 0 Å². The van der Waals surface area contributed by atoms with E-state index in [0.29, 0.717) is 49.1 Å². The first-order chi connectivity index (χ1) is 18.9. The van der Waals surface area contributed by atoms with Crippen LogP contribution >= 0.6 is 23.2 Å². The average molecular weight is 554 g/mol. The Hall–Kier alpha value is -3.90. The number of benzene rings is 3. The molecule has 0 bridgehead atoms. The lowest BCUT2D eigenvalue weighted by molar-refractivity contribution is 0.567. The first kappa shape index (κ1) is 26.7. The Labute approximate surface area is 239 Å². The van der Waals surface area contributed by atoms with Gasteiger partial charge in [0.15, 0.2) is 0 Å². The van der Waals surface area contributed by atoms with Crippen LogP contribution < -0.4 is 27.0 Å². The monoisotopic (exact) mass is 553 g/mol. The molecule has 0 amide bonds. The molecule has 4 aromatic rings. The van der Waals surface area contributed by atoms with E-state index in [4.69, 9.17) is 31.0 Å². The second-order valence-electron chi connectivity index (χ2n) is 9.32. The molecule has 0 aliphatic carbocycles. The molecule has 10 heteroatoms. The SMILES string of the molecule is [B]C(Nc1cc(Cl)c2ncc(C#N)c(N[C@H](CC)c3ccccc3)c2c1)(C1=C(C)NNN1)c1ccccc1Cl. The van der Waals surface area contributed by atoms with Crippen LogP contribution in [-0.4, -0.2) is 12.8 Å². The smallest absolute Gasteiger partial charge is 0.119 e. The van der Waals surface area contributed by atoms with Crippen molar-refractivity contribution in [2.75, 3.05) is 10.6 Å². The molecule has 0 saturated heterocycles. The van der Waals surface area contributed by atoms with Gasteiger partial charge in [-0.3, -0.25) is 4.98 Å². The van der Waals surface area contributed by atoms with Crippen LogP contribution in [-0.2, 0) is 5.44 Å². The van der Waals surface area contributed by atoms with E-state index in [1.165, 1.54) is 0 Å². The van der Waals surface area contributed by atoms with E-state index < -0.39 is 5.44 Å². The normalized spacial score (nSPS) is 15.2. The molecular formula is C29H26BCl2N7. The first-order valence-electron chi connectivity index (χ1n) is 12.5. The maximum atomic E-state index is 9.97. The number of halogens is 2. The van der Waals surface area contributed by atoms with Gasteiger partial charge in [0, 0.05) is 28.0 Å². The van der Waals surface area contributed by atoms with Crippen molar-refractivity contribution >= 4 is 53.3 Å².